The molecule has 2 aromatic rings. The molecule has 0 bridgehead atoms. The maximum atomic E-state index is 14.0. The van der Waals surface area contributed by atoms with Crippen LogP contribution in [0.15, 0.2) is 48.5 Å². The number of anilines is 1. The Morgan fingerprint density at radius 3 is 2.28 bits per heavy atom. The summed E-state index contributed by atoms with van der Waals surface area (Å²) in [5.74, 6) is -1.74. The standard InChI is InChI=1S/C17H18F2N2O3S/c1-12(17(22)20-11-13-7-9-14(18)10-8-13)21(25(2,23)24)16-6-4-3-5-15(16)19/h3-10,12H,11H2,1-2H3,(H,20,22)/t12-/m1/s1. The largest absolute Gasteiger partial charge is 0.350 e. The van der Waals surface area contributed by atoms with Crippen LogP contribution < -0.4 is 9.62 Å². The second-order valence-corrected chi connectivity index (χ2v) is 7.39. The number of nitrogens with zero attached hydrogens (tertiary/aromatic N) is 1. The van der Waals surface area contributed by atoms with Gasteiger partial charge in [-0.15, -0.1) is 0 Å². The van der Waals surface area contributed by atoms with Crippen LogP contribution in [0.1, 0.15) is 12.5 Å². The topological polar surface area (TPSA) is 66.5 Å². The van der Waals surface area contributed by atoms with E-state index in [4.69, 9.17) is 0 Å². The summed E-state index contributed by atoms with van der Waals surface area (Å²) in [6, 6.07) is 9.69. The minimum atomic E-state index is -3.89. The Balaban J connectivity index is 2.19. The van der Waals surface area contributed by atoms with E-state index in [0.717, 1.165) is 16.6 Å². The van der Waals surface area contributed by atoms with Crippen LogP contribution in [0.3, 0.4) is 0 Å². The molecule has 1 atom stereocenters. The first-order valence-corrected chi connectivity index (χ1v) is 9.31. The second kappa shape index (κ2) is 7.60. The third kappa shape index (κ3) is 4.76. The number of halogens is 2. The van der Waals surface area contributed by atoms with Gasteiger partial charge in [0.1, 0.15) is 17.7 Å². The number of nitrogens with one attached hydrogen (secondary N) is 1. The fourth-order valence-electron chi connectivity index (χ4n) is 2.35. The van der Waals surface area contributed by atoms with Gasteiger partial charge in [0.2, 0.25) is 15.9 Å². The predicted octanol–water partition coefficient (Wildman–Crippen LogP) is 2.44. The molecule has 0 fully saturated rings. The maximum absolute atomic E-state index is 14.0. The lowest BCUT2D eigenvalue weighted by molar-refractivity contribution is -0.122. The zero-order chi connectivity index (χ0) is 18.6. The molecule has 2 rings (SSSR count). The average Bonchev–Trinajstić information content (AvgIpc) is 2.54. The fraction of sp³-hybridized carbons (Fsp3) is 0.235. The number of carbonyl (C=O) groups is 1. The zero-order valence-electron chi connectivity index (χ0n) is 13.7. The average molecular weight is 368 g/mol. The lowest BCUT2D eigenvalue weighted by Crippen LogP contribution is -2.48. The van der Waals surface area contributed by atoms with Crippen LogP contribution in [0.2, 0.25) is 0 Å². The molecule has 0 heterocycles. The second-order valence-electron chi connectivity index (χ2n) is 5.53. The fourth-order valence-corrected chi connectivity index (χ4v) is 3.53. The van der Waals surface area contributed by atoms with Crippen molar-refractivity contribution in [1.82, 2.24) is 5.32 Å². The van der Waals surface area contributed by atoms with E-state index in [0.29, 0.717) is 5.56 Å². The van der Waals surface area contributed by atoms with Crippen molar-refractivity contribution in [2.45, 2.75) is 19.5 Å². The Labute approximate surface area is 145 Å². The Morgan fingerprint density at radius 2 is 1.72 bits per heavy atom. The molecule has 0 spiro atoms. The number of sulfonamides is 1. The number of carbonyl (C=O) groups excluding carboxylic acids is 1. The summed E-state index contributed by atoms with van der Waals surface area (Å²) in [4.78, 5) is 12.3. The van der Waals surface area contributed by atoms with Gasteiger partial charge in [-0.25, -0.2) is 17.2 Å². The summed E-state index contributed by atoms with van der Waals surface area (Å²) in [5, 5.41) is 2.57. The van der Waals surface area contributed by atoms with Gasteiger partial charge < -0.3 is 5.32 Å². The van der Waals surface area contributed by atoms with Crippen LogP contribution in [-0.2, 0) is 21.4 Å². The maximum Gasteiger partial charge on any atom is 0.243 e. The summed E-state index contributed by atoms with van der Waals surface area (Å²) in [5.41, 5.74) is 0.452. The predicted molar refractivity (Wildman–Crippen MR) is 91.4 cm³/mol. The lowest BCUT2D eigenvalue weighted by atomic mass is 10.2. The van der Waals surface area contributed by atoms with Crippen LogP contribution in [0, 0.1) is 11.6 Å². The lowest BCUT2D eigenvalue weighted by Gasteiger charge is -2.28. The van der Waals surface area contributed by atoms with Gasteiger partial charge in [-0.1, -0.05) is 24.3 Å². The molecule has 5 nitrogen and oxygen atoms in total. The van der Waals surface area contributed by atoms with Crippen molar-refractivity contribution in [2.75, 3.05) is 10.6 Å². The van der Waals surface area contributed by atoms with E-state index in [1.165, 1.54) is 49.4 Å². The summed E-state index contributed by atoms with van der Waals surface area (Å²) in [7, 11) is -3.89. The number of hydrogen-bond donors (Lipinski definition) is 1. The van der Waals surface area contributed by atoms with Gasteiger partial charge in [-0.3, -0.25) is 9.10 Å². The minimum Gasteiger partial charge on any atom is -0.350 e. The van der Waals surface area contributed by atoms with Gasteiger partial charge >= 0.3 is 0 Å². The monoisotopic (exact) mass is 368 g/mol. The normalized spacial score (nSPS) is 12.5. The number of hydrogen-bond acceptors (Lipinski definition) is 3. The molecule has 0 aliphatic heterocycles. The Kier molecular flexibility index (Phi) is 5.73. The van der Waals surface area contributed by atoms with Crippen molar-refractivity contribution < 1.29 is 22.0 Å². The van der Waals surface area contributed by atoms with Gasteiger partial charge in [-0.05, 0) is 36.8 Å². The van der Waals surface area contributed by atoms with Gasteiger partial charge in [0, 0.05) is 6.54 Å². The molecule has 25 heavy (non-hydrogen) atoms. The quantitative estimate of drug-likeness (QED) is 0.852. The molecule has 2 aromatic carbocycles. The highest BCUT2D eigenvalue weighted by Gasteiger charge is 2.30. The molecule has 0 radical (unpaired) electrons. The van der Waals surface area contributed by atoms with Crippen LogP contribution in [0.5, 0.6) is 0 Å². The van der Waals surface area contributed by atoms with Crippen LogP contribution in [0.25, 0.3) is 0 Å². The Morgan fingerprint density at radius 1 is 1.12 bits per heavy atom. The van der Waals surface area contributed by atoms with E-state index in [1.54, 1.807) is 0 Å². The highest BCUT2D eigenvalue weighted by molar-refractivity contribution is 7.92. The summed E-state index contributed by atoms with van der Waals surface area (Å²) < 4.78 is 51.8. The minimum absolute atomic E-state index is 0.0956. The first-order valence-electron chi connectivity index (χ1n) is 7.46. The van der Waals surface area contributed by atoms with Crippen molar-refractivity contribution >= 4 is 21.6 Å². The van der Waals surface area contributed by atoms with E-state index in [1.807, 2.05) is 0 Å². The third-order valence-electron chi connectivity index (χ3n) is 3.56. The van der Waals surface area contributed by atoms with Crippen molar-refractivity contribution in [3.05, 3.63) is 65.7 Å². The van der Waals surface area contributed by atoms with Crippen LogP contribution in [0.4, 0.5) is 14.5 Å². The van der Waals surface area contributed by atoms with Gasteiger partial charge in [0.05, 0.1) is 11.9 Å². The van der Waals surface area contributed by atoms with E-state index in [2.05, 4.69) is 5.32 Å². The van der Waals surface area contributed by atoms with Gasteiger partial charge in [0.25, 0.3) is 0 Å². The Bertz CT molecular complexity index is 854. The summed E-state index contributed by atoms with van der Waals surface area (Å²) in [6.45, 7) is 1.46. The third-order valence-corrected chi connectivity index (χ3v) is 4.79. The molecule has 0 unspecified atom stereocenters. The molecule has 134 valence electrons. The number of para-hydroxylation sites is 1. The highest BCUT2D eigenvalue weighted by Crippen LogP contribution is 2.24. The van der Waals surface area contributed by atoms with Crippen molar-refractivity contribution in [1.29, 1.82) is 0 Å². The van der Waals surface area contributed by atoms with Crippen LogP contribution in [-0.4, -0.2) is 26.6 Å². The van der Waals surface area contributed by atoms with Crippen LogP contribution >= 0.6 is 0 Å². The van der Waals surface area contributed by atoms with Crippen molar-refractivity contribution in [3.63, 3.8) is 0 Å². The summed E-state index contributed by atoms with van der Waals surface area (Å²) >= 11 is 0. The highest BCUT2D eigenvalue weighted by atomic mass is 32.2. The number of benzene rings is 2. The van der Waals surface area contributed by atoms with Crippen molar-refractivity contribution in [2.24, 2.45) is 0 Å². The molecule has 0 aliphatic carbocycles. The zero-order valence-corrected chi connectivity index (χ0v) is 14.6. The first kappa shape index (κ1) is 18.9. The van der Waals surface area contributed by atoms with E-state index in [-0.39, 0.29) is 12.2 Å². The molecule has 8 heteroatoms. The van der Waals surface area contributed by atoms with Gasteiger partial charge in [0.15, 0.2) is 0 Å². The number of rotatable bonds is 6. The molecular weight excluding hydrogens is 350 g/mol. The first-order chi connectivity index (χ1) is 11.7. The van der Waals surface area contributed by atoms with Gasteiger partial charge in [-0.2, -0.15) is 0 Å². The Hall–Kier alpha value is -2.48. The molecule has 0 saturated heterocycles. The van der Waals surface area contributed by atoms with E-state index < -0.39 is 33.6 Å². The summed E-state index contributed by atoms with van der Waals surface area (Å²) in [6.07, 6.45) is 0.906. The molecular formula is C17H18F2N2O3S. The molecule has 0 aliphatic rings. The molecule has 1 N–H and O–H groups in total. The number of amides is 1. The van der Waals surface area contributed by atoms with Crippen molar-refractivity contribution in [3.8, 4) is 0 Å². The molecule has 1 amide bonds. The molecule has 0 saturated carbocycles. The van der Waals surface area contributed by atoms with E-state index >= 15 is 0 Å². The smallest absolute Gasteiger partial charge is 0.243 e. The van der Waals surface area contributed by atoms with E-state index in [9.17, 15) is 22.0 Å². The SMILES string of the molecule is C[C@H](C(=O)NCc1ccc(F)cc1)N(c1ccccc1F)S(C)(=O)=O. The molecule has 0 aromatic heterocycles.